The lowest BCUT2D eigenvalue weighted by molar-refractivity contribution is -0.143. The van der Waals surface area contributed by atoms with Crippen LogP contribution in [0.4, 0.5) is 5.69 Å². The van der Waals surface area contributed by atoms with Gasteiger partial charge in [-0.3, -0.25) is 14.4 Å². The van der Waals surface area contributed by atoms with Crippen LogP contribution in [0, 0.1) is 6.92 Å². The van der Waals surface area contributed by atoms with E-state index in [9.17, 15) is 14.4 Å². The lowest BCUT2D eigenvalue weighted by Crippen LogP contribution is -2.39. The number of hydrogen-bond acceptors (Lipinski definition) is 6. The standard InChI is InChI=1S/C20H25N5O4S/c1-3-29-18(27)10-15(16-8-7-12(2)30-16)25-17(26)11-23-19(28)13-5-4-6-14(9-13)24-20(21)22/h4-9,15H,3,10-11H2,1-2H3,(H,23,28)(H,25,26)(H4,21,22,24). The highest BCUT2D eigenvalue weighted by Gasteiger charge is 2.21. The summed E-state index contributed by atoms with van der Waals surface area (Å²) in [6, 6.07) is 9.60. The molecule has 160 valence electrons. The fourth-order valence-electron chi connectivity index (χ4n) is 2.62. The molecule has 0 aliphatic carbocycles. The predicted molar refractivity (Wildman–Crippen MR) is 115 cm³/mol. The van der Waals surface area contributed by atoms with Gasteiger partial charge < -0.3 is 26.8 Å². The maximum Gasteiger partial charge on any atom is 0.308 e. The number of benzene rings is 1. The van der Waals surface area contributed by atoms with Gasteiger partial charge in [0.15, 0.2) is 5.96 Å². The van der Waals surface area contributed by atoms with Gasteiger partial charge in [0, 0.05) is 15.3 Å². The molecule has 2 amide bonds. The zero-order valence-corrected chi connectivity index (χ0v) is 17.6. The van der Waals surface area contributed by atoms with Gasteiger partial charge in [0.05, 0.1) is 31.3 Å². The van der Waals surface area contributed by atoms with Crippen LogP contribution >= 0.6 is 11.3 Å². The third kappa shape index (κ3) is 7.21. The SMILES string of the molecule is CCOC(=O)CC(NC(=O)CNC(=O)c1cccc(N=C(N)N)c1)c1ccc(C)s1. The minimum atomic E-state index is -0.530. The van der Waals surface area contributed by atoms with Gasteiger partial charge in [0.25, 0.3) is 5.91 Å². The summed E-state index contributed by atoms with van der Waals surface area (Å²) >= 11 is 1.48. The molecule has 30 heavy (non-hydrogen) atoms. The largest absolute Gasteiger partial charge is 0.466 e. The molecular formula is C20H25N5O4S. The van der Waals surface area contributed by atoms with Crippen molar-refractivity contribution in [1.29, 1.82) is 0 Å². The highest BCUT2D eigenvalue weighted by atomic mass is 32.1. The molecule has 0 aliphatic rings. The van der Waals surface area contributed by atoms with Crippen LogP contribution in [0.25, 0.3) is 0 Å². The van der Waals surface area contributed by atoms with Gasteiger partial charge in [-0.25, -0.2) is 4.99 Å². The third-order valence-electron chi connectivity index (χ3n) is 3.89. The topological polar surface area (TPSA) is 149 Å². The van der Waals surface area contributed by atoms with E-state index in [2.05, 4.69) is 15.6 Å². The number of rotatable bonds is 9. The van der Waals surface area contributed by atoms with Crippen LogP contribution < -0.4 is 22.1 Å². The molecule has 0 saturated heterocycles. The Labute approximate surface area is 178 Å². The summed E-state index contributed by atoms with van der Waals surface area (Å²) in [6.07, 6.45) is 0.00798. The summed E-state index contributed by atoms with van der Waals surface area (Å²) in [5.74, 6) is -1.41. The first-order chi connectivity index (χ1) is 14.3. The van der Waals surface area contributed by atoms with E-state index < -0.39 is 23.8 Å². The molecule has 1 unspecified atom stereocenters. The first-order valence-electron chi connectivity index (χ1n) is 9.27. The van der Waals surface area contributed by atoms with Gasteiger partial charge in [0.1, 0.15) is 0 Å². The molecule has 0 spiro atoms. The lowest BCUT2D eigenvalue weighted by atomic mass is 10.1. The zero-order valence-electron chi connectivity index (χ0n) is 16.8. The molecule has 1 aromatic heterocycles. The third-order valence-corrected chi connectivity index (χ3v) is 5.01. The van der Waals surface area contributed by atoms with Gasteiger partial charge in [-0.1, -0.05) is 6.07 Å². The number of ether oxygens (including phenoxy) is 1. The number of nitrogens with zero attached hydrogens (tertiary/aromatic N) is 1. The summed E-state index contributed by atoms with van der Waals surface area (Å²) in [4.78, 5) is 42.4. The van der Waals surface area contributed by atoms with E-state index in [0.717, 1.165) is 9.75 Å². The quantitative estimate of drug-likeness (QED) is 0.269. The number of aryl methyl sites for hydroxylation is 1. The molecule has 2 aromatic rings. The fourth-order valence-corrected chi connectivity index (χ4v) is 3.55. The second-order valence-electron chi connectivity index (χ2n) is 6.35. The van der Waals surface area contributed by atoms with E-state index in [0.29, 0.717) is 11.3 Å². The van der Waals surface area contributed by atoms with Crippen LogP contribution in [-0.4, -0.2) is 36.9 Å². The Bertz CT molecular complexity index is 937. The summed E-state index contributed by atoms with van der Waals surface area (Å²) in [6.45, 7) is 3.67. The number of hydrogen-bond donors (Lipinski definition) is 4. The molecule has 0 aliphatic heterocycles. The van der Waals surface area contributed by atoms with Crippen molar-refractivity contribution in [3.05, 3.63) is 51.7 Å². The van der Waals surface area contributed by atoms with Crippen molar-refractivity contribution < 1.29 is 19.1 Å². The Balaban J connectivity index is 1.98. The average Bonchev–Trinajstić information content (AvgIpc) is 3.12. The average molecular weight is 432 g/mol. The van der Waals surface area contributed by atoms with Crippen LogP contribution in [-0.2, 0) is 14.3 Å². The van der Waals surface area contributed by atoms with Gasteiger partial charge in [-0.05, 0) is 44.2 Å². The summed E-state index contributed by atoms with van der Waals surface area (Å²) in [7, 11) is 0. The van der Waals surface area contributed by atoms with Gasteiger partial charge in [-0.2, -0.15) is 0 Å². The molecule has 1 aromatic carbocycles. The van der Waals surface area contributed by atoms with E-state index in [-0.39, 0.29) is 25.5 Å². The minimum absolute atomic E-state index is 0.00798. The lowest BCUT2D eigenvalue weighted by Gasteiger charge is -2.17. The Kier molecular flexibility index (Phi) is 8.36. The highest BCUT2D eigenvalue weighted by molar-refractivity contribution is 7.12. The molecule has 1 heterocycles. The van der Waals surface area contributed by atoms with Crippen LogP contribution in [0.2, 0.25) is 0 Å². The highest BCUT2D eigenvalue weighted by Crippen LogP contribution is 2.25. The number of aliphatic imine (C=N–C) groups is 1. The smallest absolute Gasteiger partial charge is 0.308 e. The molecule has 0 bridgehead atoms. The van der Waals surface area contributed by atoms with E-state index in [4.69, 9.17) is 16.2 Å². The normalized spacial score (nSPS) is 11.3. The molecular weight excluding hydrogens is 406 g/mol. The summed E-state index contributed by atoms with van der Waals surface area (Å²) in [5, 5.41) is 5.33. The molecule has 0 fully saturated rings. The second kappa shape index (κ2) is 11.0. The maximum absolute atomic E-state index is 12.4. The first kappa shape index (κ1) is 22.9. The van der Waals surface area contributed by atoms with Crippen molar-refractivity contribution >= 4 is 40.8 Å². The molecule has 0 saturated carbocycles. The number of guanidine groups is 1. The number of nitrogens with two attached hydrogens (primary N) is 2. The van der Waals surface area contributed by atoms with Crippen molar-refractivity contribution in [3.63, 3.8) is 0 Å². The fraction of sp³-hybridized carbons (Fsp3) is 0.300. The Hall–Kier alpha value is -3.40. The Morgan fingerprint density at radius 3 is 2.60 bits per heavy atom. The monoisotopic (exact) mass is 431 g/mol. The zero-order chi connectivity index (χ0) is 22.1. The van der Waals surface area contributed by atoms with Crippen LogP contribution in [0.5, 0.6) is 0 Å². The van der Waals surface area contributed by atoms with Crippen LogP contribution in [0.1, 0.15) is 39.5 Å². The van der Waals surface area contributed by atoms with Crippen LogP contribution in [0.3, 0.4) is 0 Å². The van der Waals surface area contributed by atoms with Crippen molar-refractivity contribution in [1.82, 2.24) is 10.6 Å². The van der Waals surface area contributed by atoms with Gasteiger partial charge >= 0.3 is 5.97 Å². The molecule has 6 N–H and O–H groups in total. The van der Waals surface area contributed by atoms with E-state index in [1.54, 1.807) is 25.1 Å². The Morgan fingerprint density at radius 1 is 1.20 bits per heavy atom. The molecule has 9 nitrogen and oxygen atoms in total. The number of amides is 2. The van der Waals surface area contributed by atoms with Crippen molar-refractivity contribution in [2.45, 2.75) is 26.3 Å². The minimum Gasteiger partial charge on any atom is -0.466 e. The molecule has 1 atom stereocenters. The maximum atomic E-state index is 12.4. The predicted octanol–water partition coefficient (Wildman–Crippen LogP) is 1.50. The van der Waals surface area contributed by atoms with Gasteiger partial charge in [0.2, 0.25) is 5.91 Å². The van der Waals surface area contributed by atoms with E-state index in [1.165, 1.54) is 17.4 Å². The Morgan fingerprint density at radius 2 is 1.97 bits per heavy atom. The molecule has 0 radical (unpaired) electrons. The number of thiophene rings is 1. The van der Waals surface area contributed by atoms with Crippen molar-refractivity contribution in [2.24, 2.45) is 16.5 Å². The van der Waals surface area contributed by atoms with Crippen molar-refractivity contribution in [3.8, 4) is 0 Å². The number of esters is 1. The summed E-state index contributed by atoms with van der Waals surface area (Å²) < 4.78 is 4.99. The number of carbonyl (C=O) groups is 3. The van der Waals surface area contributed by atoms with E-state index in [1.807, 2.05) is 19.1 Å². The number of carbonyl (C=O) groups excluding carboxylic acids is 3. The number of nitrogens with one attached hydrogen (secondary N) is 2. The molecule has 2 rings (SSSR count). The van der Waals surface area contributed by atoms with E-state index >= 15 is 0 Å². The first-order valence-corrected chi connectivity index (χ1v) is 10.1. The molecule has 10 heteroatoms. The van der Waals surface area contributed by atoms with Crippen molar-refractivity contribution in [2.75, 3.05) is 13.2 Å². The second-order valence-corrected chi connectivity index (χ2v) is 7.67. The van der Waals surface area contributed by atoms with Gasteiger partial charge in [-0.15, -0.1) is 11.3 Å². The van der Waals surface area contributed by atoms with Crippen LogP contribution in [0.15, 0.2) is 41.4 Å². The summed E-state index contributed by atoms with van der Waals surface area (Å²) in [5.41, 5.74) is 11.4.